The van der Waals surface area contributed by atoms with Crippen molar-refractivity contribution < 1.29 is 24.1 Å². The van der Waals surface area contributed by atoms with Gasteiger partial charge in [-0.05, 0) is 29.3 Å². The number of hydrogen-bond acceptors (Lipinski definition) is 5. The van der Waals surface area contributed by atoms with Gasteiger partial charge < -0.3 is 24.1 Å². The van der Waals surface area contributed by atoms with Gasteiger partial charge in [-0.15, -0.1) is 0 Å². The Bertz CT molecular complexity index is 871. The Balaban J connectivity index is 1.68. The van der Waals surface area contributed by atoms with E-state index >= 15 is 0 Å². The predicted molar refractivity (Wildman–Crippen MR) is 128 cm³/mol. The van der Waals surface area contributed by atoms with E-state index < -0.39 is 31.9 Å². The van der Waals surface area contributed by atoms with E-state index in [4.69, 9.17) is 13.9 Å². The molecule has 4 atom stereocenters. The first-order chi connectivity index (χ1) is 15.0. The smallest absolute Gasteiger partial charge is 0.261 e. The van der Waals surface area contributed by atoms with E-state index in [0.717, 1.165) is 10.4 Å². The number of fused-ring (bicyclic) bond motifs is 1. The van der Waals surface area contributed by atoms with Gasteiger partial charge in [-0.25, -0.2) is 0 Å². The van der Waals surface area contributed by atoms with Crippen LogP contribution in [0.3, 0.4) is 0 Å². The molecule has 2 aromatic rings. The zero-order chi connectivity index (χ0) is 23.2. The molecule has 2 N–H and O–H groups in total. The van der Waals surface area contributed by atoms with Gasteiger partial charge in [0.05, 0.1) is 24.4 Å². The van der Waals surface area contributed by atoms with Crippen LogP contribution in [0.5, 0.6) is 0 Å². The summed E-state index contributed by atoms with van der Waals surface area (Å²) in [6.45, 7) is 10.5. The van der Waals surface area contributed by atoms with Gasteiger partial charge >= 0.3 is 0 Å². The summed E-state index contributed by atoms with van der Waals surface area (Å²) in [5.74, 6) is -0.763. The highest BCUT2D eigenvalue weighted by atomic mass is 28.4. The minimum atomic E-state index is -2.78. The molecule has 2 fully saturated rings. The van der Waals surface area contributed by atoms with Crippen LogP contribution in [0, 0.1) is 0 Å². The number of benzene rings is 2. The third kappa shape index (κ3) is 4.32. The summed E-state index contributed by atoms with van der Waals surface area (Å²) < 4.78 is 18.8. The lowest BCUT2D eigenvalue weighted by atomic mass is 9.80. The van der Waals surface area contributed by atoms with Crippen molar-refractivity contribution in [3.05, 3.63) is 60.7 Å². The Hall–Kier alpha value is -1.54. The van der Waals surface area contributed by atoms with Crippen LogP contribution in [0.4, 0.5) is 0 Å². The monoisotopic (exact) mass is 456 g/mol. The van der Waals surface area contributed by atoms with Gasteiger partial charge in [0.1, 0.15) is 6.10 Å². The Kier molecular flexibility index (Phi) is 6.16. The van der Waals surface area contributed by atoms with Crippen molar-refractivity contribution in [1.82, 2.24) is 0 Å². The van der Waals surface area contributed by atoms with E-state index in [-0.39, 0.29) is 24.2 Å². The van der Waals surface area contributed by atoms with Crippen molar-refractivity contribution in [3.63, 3.8) is 0 Å². The molecule has 1 saturated carbocycles. The van der Waals surface area contributed by atoms with Crippen LogP contribution < -0.4 is 10.4 Å². The molecule has 0 amide bonds. The maximum Gasteiger partial charge on any atom is 0.261 e. The van der Waals surface area contributed by atoms with Gasteiger partial charge in [-0.2, -0.15) is 0 Å². The summed E-state index contributed by atoms with van der Waals surface area (Å²) in [7, 11) is -2.78. The highest BCUT2D eigenvalue weighted by Gasteiger charge is 2.56. The molecule has 0 radical (unpaired) electrons. The van der Waals surface area contributed by atoms with Gasteiger partial charge in [0.15, 0.2) is 5.79 Å². The van der Waals surface area contributed by atoms with Gasteiger partial charge in [0.25, 0.3) is 8.32 Å². The van der Waals surface area contributed by atoms with Gasteiger partial charge in [-0.1, -0.05) is 81.4 Å². The van der Waals surface area contributed by atoms with E-state index in [0.29, 0.717) is 6.42 Å². The maximum absolute atomic E-state index is 11.6. The van der Waals surface area contributed by atoms with E-state index in [2.05, 4.69) is 45.0 Å². The fourth-order valence-electron chi connectivity index (χ4n) is 5.43. The fourth-order valence-corrected chi connectivity index (χ4v) is 10.1. The molecule has 32 heavy (non-hydrogen) atoms. The molecule has 6 heteroatoms. The average molecular weight is 457 g/mol. The van der Waals surface area contributed by atoms with Crippen molar-refractivity contribution in [3.8, 4) is 0 Å². The number of aliphatic hydroxyl groups is 2. The Labute approximate surface area is 192 Å². The summed E-state index contributed by atoms with van der Waals surface area (Å²) in [5, 5.41) is 24.5. The average Bonchev–Trinajstić information content (AvgIpc) is 3.03. The number of hydrogen-bond donors (Lipinski definition) is 2. The third-order valence-electron chi connectivity index (χ3n) is 6.75. The van der Waals surface area contributed by atoms with Crippen LogP contribution in [-0.4, -0.2) is 54.8 Å². The molecule has 0 aromatic heterocycles. The first-order valence-corrected chi connectivity index (χ1v) is 13.4. The number of rotatable bonds is 5. The summed E-state index contributed by atoms with van der Waals surface area (Å²) in [6.07, 6.45) is -1.01. The minimum Gasteiger partial charge on any atom is -0.404 e. The fraction of sp³-hybridized carbons (Fsp3) is 0.538. The predicted octanol–water partition coefficient (Wildman–Crippen LogP) is 2.97. The standard InChI is InChI=1S/C26H36O5Si/c1-24(2,3)32(19-12-8-6-9-13-19,20-14-10-7-11-15-20)29-18-26(28)16-21(27)23-22(17-26)30-25(4,5)31-23/h6-15,21-23,27-28H,16-18H2,1-5H3. The van der Waals surface area contributed by atoms with Gasteiger partial charge in [0.2, 0.25) is 0 Å². The molecule has 1 heterocycles. The number of ether oxygens (including phenoxy) is 2. The maximum atomic E-state index is 11.6. The Morgan fingerprint density at radius 3 is 1.97 bits per heavy atom. The zero-order valence-electron chi connectivity index (χ0n) is 19.7. The molecular weight excluding hydrogens is 420 g/mol. The number of aliphatic hydroxyl groups excluding tert-OH is 1. The topological polar surface area (TPSA) is 68.2 Å². The van der Waals surface area contributed by atoms with Gasteiger partial charge in [-0.3, -0.25) is 0 Å². The molecule has 174 valence electrons. The minimum absolute atomic E-state index is 0.129. The second-order valence-corrected chi connectivity index (χ2v) is 15.1. The molecule has 5 nitrogen and oxygen atoms in total. The lowest BCUT2D eigenvalue weighted by Gasteiger charge is -2.46. The van der Waals surface area contributed by atoms with Crippen molar-refractivity contribution in [2.75, 3.05) is 6.61 Å². The SMILES string of the molecule is CC1(C)OC2CC(O)(CO[Si](c3ccccc3)(c3ccccc3)C(C)(C)C)CC(O)C2O1. The molecule has 4 rings (SSSR count). The Morgan fingerprint density at radius 1 is 0.938 bits per heavy atom. The quantitative estimate of drug-likeness (QED) is 0.677. The highest BCUT2D eigenvalue weighted by molar-refractivity contribution is 6.99. The van der Waals surface area contributed by atoms with Crippen LogP contribution in [0.2, 0.25) is 5.04 Å². The summed E-state index contributed by atoms with van der Waals surface area (Å²) >= 11 is 0. The molecule has 4 unspecified atom stereocenters. The van der Waals surface area contributed by atoms with Crippen molar-refractivity contribution in [2.45, 2.75) is 82.2 Å². The van der Waals surface area contributed by atoms with Gasteiger partial charge in [0, 0.05) is 12.8 Å². The molecule has 0 bridgehead atoms. The van der Waals surface area contributed by atoms with E-state index in [1.54, 1.807) is 0 Å². The normalized spacial score (nSPS) is 30.2. The summed E-state index contributed by atoms with van der Waals surface area (Å²) in [4.78, 5) is 0. The Morgan fingerprint density at radius 2 is 1.47 bits per heavy atom. The van der Waals surface area contributed by atoms with Crippen LogP contribution in [0.1, 0.15) is 47.5 Å². The van der Waals surface area contributed by atoms with Crippen LogP contribution >= 0.6 is 0 Å². The molecule has 2 aromatic carbocycles. The van der Waals surface area contributed by atoms with Crippen LogP contribution in [0.25, 0.3) is 0 Å². The molecular formula is C26H36O5Si. The molecule has 1 aliphatic heterocycles. The van der Waals surface area contributed by atoms with Crippen molar-refractivity contribution >= 4 is 18.7 Å². The molecule has 1 aliphatic carbocycles. The highest BCUT2D eigenvalue weighted by Crippen LogP contribution is 2.43. The molecule has 1 saturated heterocycles. The van der Waals surface area contributed by atoms with Crippen molar-refractivity contribution in [1.29, 1.82) is 0 Å². The third-order valence-corrected chi connectivity index (χ3v) is 11.7. The van der Waals surface area contributed by atoms with E-state index in [1.165, 1.54) is 0 Å². The van der Waals surface area contributed by atoms with Crippen LogP contribution in [-0.2, 0) is 13.9 Å². The van der Waals surface area contributed by atoms with E-state index in [9.17, 15) is 10.2 Å². The summed E-state index contributed by atoms with van der Waals surface area (Å²) in [5.41, 5.74) is -1.20. The van der Waals surface area contributed by atoms with Crippen LogP contribution in [0.15, 0.2) is 60.7 Å². The second-order valence-electron chi connectivity index (χ2n) is 10.8. The van der Waals surface area contributed by atoms with Crippen molar-refractivity contribution in [2.24, 2.45) is 0 Å². The molecule has 0 spiro atoms. The summed E-state index contributed by atoms with van der Waals surface area (Å²) in [6, 6.07) is 20.8. The largest absolute Gasteiger partial charge is 0.404 e. The first-order valence-electron chi connectivity index (χ1n) is 11.5. The lowest BCUT2D eigenvalue weighted by molar-refractivity contribution is -0.153. The van der Waals surface area contributed by atoms with E-state index in [1.807, 2.05) is 50.2 Å². The molecule has 2 aliphatic rings. The zero-order valence-corrected chi connectivity index (χ0v) is 20.7. The second kappa shape index (κ2) is 8.35. The first kappa shape index (κ1) is 23.6. The lowest BCUT2D eigenvalue weighted by Crippen LogP contribution is -2.68.